The molecule has 2 saturated heterocycles. The summed E-state index contributed by atoms with van der Waals surface area (Å²) in [6, 6.07) is -0.649. The Hall–Kier alpha value is -1.59. The van der Waals surface area contributed by atoms with E-state index in [9.17, 15) is 14.4 Å². The smallest absolute Gasteiger partial charge is 0.326 e. The van der Waals surface area contributed by atoms with Crippen molar-refractivity contribution in [2.45, 2.75) is 44.6 Å². The van der Waals surface area contributed by atoms with Gasteiger partial charge in [0.2, 0.25) is 11.8 Å². The predicted octanol–water partition coefficient (Wildman–Crippen LogP) is 0.711. The van der Waals surface area contributed by atoms with Crippen molar-refractivity contribution >= 4 is 17.8 Å². The van der Waals surface area contributed by atoms with E-state index in [1.807, 2.05) is 4.90 Å². The van der Waals surface area contributed by atoms with Crippen LogP contribution in [0, 0.1) is 11.8 Å². The first-order valence-electron chi connectivity index (χ1n) is 7.90. The van der Waals surface area contributed by atoms with E-state index in [0.717, 1.165) is 19.3 Å². The van der Waals surface area contributed by atoms with Gasteiger partial charge in [-0.15, -0.1) is 0 Å². The molecular formula is C15H22N2O4. The van der Waals surface area contributed by atoms with E-state index in [2.05, 4.69) is 0 Å². The number of carboxylic acids is 1. The van der Waals surface area contributed by atoms with Crippen LogP contribution in [-0.2, 0) is 14.4 Å². The number of likely N-dealkylation sites (tertiary alicyclic amines) is 2. The highest BCUT2D eigenvalue weighted by molar-refractivity contribution is 5.86. The van der Waals surface area contributed by atoms with Crippen molar-refractivity contribution in [3.63, 3.8) is 0 Å². The quantitative estimate of drug-likeness (QED) is 0.831. The predicted molar refractivity (Wildman–Crippen MR) is 74.4 cm³/mol. The summed E-state index contributed by atoms with van der Waals surface area (Å²) in [4.78, 5) is 39.1. The minimum Gasteiger partial charge on any atom is -0.480 e. The summed E-state index contributed by atoms with van der Waals surface area (Å²) in [5, 5.41) is 9.17. The van der Waals surface area contributed by atoms with Crippen molar-refractivity contribution in [3.8, 4) is 0 Å². The third kappa shape index (κ3) is 2.89. The lowest BCUT2D eigenvalue weighted by atomic mass is 9.94. The molecule has 0 spiro atoms. The van der Waals surface area contributed by atoms with Crippen molar-refractivity contribution in [1.82, 2.24) is 9.80 Å². The zero-order valence-electron chi connectivity index (χ0n) is 12.2. The summed E-state index contributed by atoms with van der Waals surface area (Å²) >= 11 is 0. The van der Waals surface area contributed by atoms with Gasteiger partial charge in [-0.05, 0) is 38.5 Å². The molecular weight excluding hydrogens is 272 g/mol. The molecule has 0 aromatic rings. The number of rotatable bonds is 3. The molecule has 0 unspecified atom stereocenters. The standard InChI is InChI=1S/C15H22N2O4/c18-13(10-3-4-10)16-8-5-11(6-9-16)14(19)17-7-1-2-12(17)15(20)21/h10-12H,1-9H2,(H,20,21)/t12-/m1/s1. The first kappa shape index (κ1) is 14.4. The molecule has 0 aromatic heterocycles. The van der Waals surface area contributed by atoms with Gasteiger partial charge in [0.05, 0.1) is 0 Å². The first-order chi connectivity index (χ1) is 10.1. The number of piperidine rings is 1. The molecule has 3 fully saturated rings. The average Bonchev–Trinajstić information content (AvgIpc) is 3.22. The molecule has 21 heavy (non-hydrogen) atoms. The zero-order chi connectivity index (χ0) is 15.0. The molecule has 2 amide bonds. The maximum Gasteiger partial charge on any atom is 0.326 e. The molecule has 0 radical (unpaired) electrons. The van der Waals surface area contributed by atoms with Crippen LogP contribution in [-0.4, -0.2) is 58.4 Å². The SMILES string of the molecule is O=C(O)[C@H]1CCCN1C(=O)C1CCN(C(=O)C2CC2)CC1. The number of amides is 2. The fourth-order valence-electron chi connectivity index (χ4n) is 3.46. The van der Waals surface area contributed by atoms with Crippen LogP contribution < -0.4 is 0 Å². The van der Waals surface area contributed by atoms with E-state index in [-0.39, 0.29) is 23.7 Å². The van der Waals surface area contributed by atoms with Crippen LogP contribution in [0.3, 0.4) is 0 Å². The molecule has 116 valence electrons. The number of carbonyl (C=O) groups is 3. The van der Waals surface area contributed by atoms with Crippen molar-refractivity contribution in [3.05, 3.63) is 0 Å². The summed E-state index contributed by atoms with van der Waals surface area (Å²) in [7, 11) is 0. The topological polar surface area (TPSA) is 77.9 Å². The molecule has 3 aliphatic rings. The van der Waals surface area contributed by atoms with Crippen LogP contribution in [0.2, 0.25) is 0 Å². The molecule has 2 heterocycles. The minimum atomic E-state index is -0.901. The Labute approximate surface area is 124 Å². The molecule has 6 heteroatoms. The van der Waals surface area contributed by atoms with E-state index < -0.39 is 12.0 Å². The number of carboxylic acid groups (broad SMARTS) is 1. The second-order valence-corrected chi connectivity index (χ2v) is 6.40. The van der Waals surface area contributed by atoms with Crippen LogP contribution >= 0.6 is 0 Å². The van der Waals surface area contributed by atoms with Gasteiger partial charge in [0.25, 0.3) is 0 Å². The minimum absolute atomic E-state index is 0.0292. The average molecular weight is 294 g/mol. The lowest BCUT2D eigenvalue weighted by Crippen LogP contribution is -2.47. The van der Waals surface area contributed by atoms with Gasteiger partial charge in [-0.3, -0.25) is 9.59 Å². The molecule has 3 rings (SSSR count). The Morgan fingerprint density at radius 1 is 0.810 bits per heavy atom. The Morgan fingerprint density at radius 2 is 1.43 bits per heavy atom. The Morgan fingerprint density at radius 3 is 2.00 bits per heavy atom. The summed E-state index contributed by atoms with van der Waals surface area (Å²) in [5.41, 5.74) is 0. The number of hydrogen-bond donors (Lipinski definition) is 1. The van der Waals surface area contributed by atoms with Crippen molar-refractivity contribution in [1.29, 1.82) is 0 Å². The van der Waals surface area contributed by atoms with Gasteiger partial charge in [0, 0.05) is 31.5 Å². The number of aliphatic carboxylic acids is 1. The van der Waals surface area contributed by atoms with E-state index in [1.54, 1.807) is 0 Å². The van der Waals surface area contributed by atoms with Crippen molar-refractivity contribution in [2.75, 3.05) is 19.6 Å². The van der Waals surface area contributed by atoms with E-state index in [0.29, 0.717) is 38.9 Å². The maximum atomic E-state index is 12.5. The normalized spacial score (nSPS) is 27.0. The fourth-order valence-corrected chi connectivity index (χ4v) is 3.46. The third-order valence-electron chi connectivity index (χ3n) is 4.90. The van der Waals surface area contributed by atoms with E-state index in [4.69, 9.17) is 5.11 Å². The largest absolute Gasteiger partial charge is 0.480 e. The Balaban J connectivity index is 1.55. The van der Waals surface area contributed by atoms with Gasteiger partial charge in [0.1, 0.15) is 6.04 Å². The van der Waals surface area contributed by atoms with Crippen LogP contribution in [0.25, 0.3) is 0 Å². The van der Waals surface area contributed by atoms with Gasteiger partial charge in [-0.25, -0.2) is 4.79 Å². The van der Waals surface area contributed by atoms with Crippen LogP contribution in [0.4, 0.5) is 0 Å². The Kier molecular flexibility index (Phi) is 3.87. The van der Waals surface area contributed by atoms with Crippen molar-refractivity contribution < 1.29 is 19.5 Å². The monoisotopic (exact) mass is 294 g/mol. The Bertz CT molecular complexity index is 453. The van der Waals surface area contributed by atoms with Crippen LogP contribution in [0.5, 0.6) is 0 Å². The summed E-state index contributed by atoms with van der Waals surface area (Å²) in [6.45, 7) is 1.83. The fraction of sp³-hybridized carbons (Fsp3) is 0.800. The highest BCUT2D eigenvalue weighted by Gasteiger charge is 2.40. The second-order valence-electron chi connectivity index (χ2n) is 6.40. The molecule has 1 aliphatic carbocycles. The number of carbonyl (C=O) groups excluding carboxylic acids is 2. The van der Waals surface area contributed by atoms with E-state index in [1.165, 1.54) is 4.90 Å². The second kappa shape index (κ2) is 5.66. The molecule has 1 N–H and O–H groups in total. The van der Waals surface area contributed by atoms with Crippen LogP contribution in [0.15, 0.2) is 0 Å². The highest BCUT2D eigenvalue weighted by atomic mass is 16.4. The van der Waals surface area contributed by atoms with Gasteiger partial charge in [0.15, 0.2) is 0 Å². The third-order valence-corrected chi connectivity index (χ3v) is 4.90. The zero-order valence-corrected chi connectivity index (χ0v) is 12.2. The highest BCUT2D eigenvalue weighted by Crippen LogP contribution is 2.33. The molecule has 2 aliphatic heterocycles. The molecule has 0 bridgehead atoms. The summed E-state index contributed by atoms with van der Waals surface area (Å²) in [5.74, 6) is -0.577. The van der Waals surface area contributed by atoms with Crippen molar-refractivity contribution in [2.24, 2.45) is 11.8 Å². The van der Waals surface area contributed by atoms with E-state index >= 15 is 0 Å². The molecule has 1 saturated carbocycles. The van der Waals surface area contributed by atoms with Crippen LogP contribution in [0.1, 0.15) is 38.5 Å². The van der Waals surface area contributed by atoms with Gasteiger partial charge >= 0.3 is 5.97 Å². The van der Waals surface area contributed by atoms with Gasteiger partial charge in [-0.2, -0.15) is 0 Å². The summed E-state index contributed by atoms with van der Waals surface area (Å²) in [6.07, 6.45) is 4.67. The summed E-state index contributed by atoms with van der Waals surface area (Å²) < 4.78 is 0. The molecule has 0 aromatic carbocycles. The number of hydrogen-bond acceptors (Lipinski definition) is 3. The first-order valence-corrected chi connectivity index (χ1v) is 7.90. The van der Waals surface area contributed by atoms with Gasteiger partial charge < -0.3 is 14.9 Å². The maximum absolute atomic E-state index is 12.5. The molecule has 6 nitrogen and oxygen atoms in total. The lowest BCUT2D eigenvalue weighted by molar-refractivity contribution is -0.151. The molecule has 1 atom stereocenters. The lowest BCUT2D eigenvalue weighted by Gasteiger charge is -2.34. The number of nitrogens with zero attached hydrogens (tertiary/aromatic N) is 2. The van der Waals surface area contributed by atoms with Gasteiger partial charge in [-0.1, -0.05) is 0 Å².